The summed E-state index contributed by atoms with van der Waals surface area (Å²) in [6, 6.07) is 10.4. The summed E-state index contributed by atoms with van der Waals surface area (Å²) < 4.78 is 0. The Hall–Kier alpha value is -1.39. The number of benzene rings is 1. The molecule has 1 saturated heterocycles. The van der Waals surface area contributed by atoms with E-state index >= 15 is 0 Å². The Kier molecular flexibility index (Phi) is 4.12. The van der Waals surface area contributed by atoms with E-state index in [-0.39, 0.29) is 12.5 Å². The Balaban J connectivity index is 1.82. The molecule has 1 aliphatic rings. The van der Waals surface area contributed by atoms with E-state index in [9.17, 15) is 4.79 Å². The smallest absolute Gasteiger partial charge is 0.236 e. The van der Waals surface area contributed by atoms with Crippen LogP contribution in [0.2, 0.25) is 0 Å². The van der Waals surface area contributed by atoms with E-state index in [1.54, 1.807) is 0 Å². The SMILES string of the molecule is NCC(=O)N1CCN(Cc2ccccc2)CC1. The van der Waals surface area contributed by atoms with Gasteiger partial charge in [-0.1, -0.05) is 30.3 Å². The van der Waals surface area contributed by atoms with Gasteiger partial charge in [-0.15, -0.1) is 0 Å². The Morgan fingerprint density at radius 3 is 2.35 bits per heavy atom. The molecule has 0 aromatic heterocycles. The van der Waals surface area contributed by atoms with Crippen molar-refractivity contribution in [1.29, 1.82) is 0 Å². The van der Waals surface area contributed by atoms with Crippen molar-refractivity contribution in [2.24, 2.45) is 5.73 Å². The molecule has 2 N–H and O–H groups in total. The number of nitrogens with two attached hydrogens (primary N) is 1. The lowest BCUT2D eigenvalue weighted by Crippen LogP contribution is -2.49. The van der Waals surface area contributed by atoms with Crippen LogP contribution in [0.5, 0.6) is 0 Å². The van der Waals surface area contributed by atoms with E-state index in [4.69, 9.17) is 5.73 Å². The predicted octanol–water partition coefficient (Wildman–Crippen LogP) is 0.290. The fourth-order valence-corrected chi connectivity index (χ4v) is 2.13. The Morgan fingerprint density at radius 1 is 1.12 bits per heavy atom. The first-order valence-electron chi connectivity index (χ1n) is 6.03. The number of nitrogens with zero attached hydrogens (tertiary/aromatic N) is 2. The van der Waals surface area contributed by atoms with Crippen LogP contribution < -0.4 is 5.73 Å². The van der Waals surface area contributed by atoms with Gasteiger partial charge in [0.1, 0.15) is 0 Å². The average Bonchev–Trinajstić information content (AvgIpc) is 2.40. The second-order valence-electron chi connectivity index (χ2n) is 4.35. The summed E-state index contributed by atoms with van der Waals surface area (Å²) in [6.45, 7) is 4.54. The van der Waals surface area contributed by atoms with Crippen molar-refractivity contribution >= 4 is 5.91 Å². The molecule has 1 amide bonds. The molecule has 4 heteroatoms. The molecule has 4 nitrogen and oxygen atoms in total. The highest BCUT2D eigenvalue weighted by Gasteiger charge is 2.19. The summed E-state index contributed by atoms with van der Waals surface area (Å²) in [7, 11) is 0. The molecular formula is C13H19N3O. The van der Waals surface area contributed by atoms with Gasteiger partial charge in [0.15, 0.2) is 0 Å². The molecule has 0 atom stereocenters. The van der Waals surface area contributed by atoms with Gasteiger partial charge in [0.25, 0.3) is 0 Å². The zero-order valence-electron chi connectivity index (χ0n) is 10.0. The zero-order valence-corrected chi connectivity index (χ0v) is 10.0. The quantitative estimate of drug-likeness (QED) is 0.816. The van der Waals surface area contributed by atoms with Gasteiger partial charge in [-0.2, -0.15) is 0 Å². The van der Waals surface area contributed by atoms with E-state index in [0.29, 0.717) is 0 Å². The summed E-state index contributed by atoms with van der Waals surface area (Å²) in [5.41, 5.74) is 6.68. The normalized spacial score (nSPS) is 17.1. The fraction of sp³-hybridized carbons (Fsp3) is 0.462. The molecular weight excluding hydrogens is 214 g/mol. The van der Waals surface area contributed by atoms with Crippen molar-refractivity contribution in [3.8, 4) is 0 Å². The monoisotopic (exact) mass is 233 g/mol. The topological polar surface area (TPSA) is 49.6 Å². The third-order valence-corrected chi connectivity index (χ3v) is 3.15. The van der Waals surface area contributed by atoms with E-state index in [1.165, 1.54) is 5.56 Å². The maximum absolute atomic E-state index is 11.4. The van der Waals surface area contributed by atoms with E-state index < -0.39 is 0 Å². The standard InChI is InChI=1S/C13H19N3O/c14-10-13(17)16-8-6-15(7-9-16)11-12-4-2-1-3-5-12/h1-5H,6-11,14H2. The van der Waals surface area contributed by atoms with E-state index in [1.807, 2.05) is 11.0 Å². The van der Waals surface area contributed by atoms with Crippen molar-refractivity contribution in [3.63, 3.8) is 0 Å². The summed E-state index contributed by atoms with van der Waals surface area (Å²) in [5, 5.41) is 0. The van der Waals surface area contributed by atoms with Crippen molar-refractivity contribution in [2.75, 3.05) is 32.7 Å². The molecule has 1 aromatic carbocycles. The number of piperazine rings is 1. The number of rotatable bonds is 3. The summed E-state index contributed by atoms with van der Waals surface area (Å²) in [4.78, 5) is 15.6. The molecule has 92 valence electrons. The second-order valence-corrected chi connectivity index (χ2v) is 4.35. The summed E-state index contributed by atoms with van der Waals surface area (Å²) >= 11 is 0. The molecule has 1 heterocycles. The maximum Gasteiger partial charge on any atom is 0.236 e. The summed E-state index contributed by atoms with van der Waals surface area (Å²) in [6.07, 6.45) is 0. The largest absolute Gasteiger partial charge is 0.339 e. The van der Waals surface area contributed by atoms with Gasteiger partial charge in [-0.3, -0.25) is 9.69 Å². The van der Waals surface area contributed by atoms with Crippen LogP contribution in [0, 0.1) is 0 Å². The Bertz CT molecular complexity index is 358. The van der Waals surface area contributed by atoms with Gasteiger partial charge >= 0.3 is 0 Å². The number of carbonyl (C=O) groups excluding carboxylic acids is 1. The molecule has 0 saturated carbocycles. The Morgan fingerprint density at radius 2 is 1.76 bits per heavy atom. The average molecular weight is 233 g/mol. The van der Waals surface area contributed by atoms with Crippen LogP contribution in [0.3, 0.4) is 0 Å². The highest BCUT2D eigenvalue weighted by atomic mass is 16.2. The zero-order chi connectivity index (χ0) is 12.1. The van der Waals surface area contributed by atoms with E-state index in [2.05, 4.69) is 29.2 Å². The molecule has 2 rings (SSSR count). The van der Waals surface area contributed by atoms with Crippen LogP contribution in [0.25, 0.3) is 0 Å². The molecule has 0 unspecified atom stereocenters. The molecule has 1 aromatic rings. The van der Waals surface area contributed by atoms with Crippen molar-refractivity contribution < 1.29 is 4.79 Å². The molecule has 0 radical (unpaired) electrons. The first-order chi connectivity index (χ1) is 8.29. The van der Waals surface area contributed by atoms with E-state index in [0.717, 1.165) is 32.7 Å². The lowest BCUT2D eigenvalue weighted by Gasteiger charge is -2.34. The lowest BCUT2D eigenvalue weighted by molar-refractivity contribution is -0.131. The third-order valence-electron chi connectivity index (χ3n) is 3.15. The van der Waals surface area contributed by atoms with Crippen LogP contribution in [0.4, 0.5) is 0 Å². The number of amides is 1. The van der Waals surface area contributed by atoms with Gasteiger partial charge in [0.2, 0.25) is 5.91 Å². The van der Waals surface area contributed by atoms with Crippen molar-refractivity contribution in [2.45, 2.75) is 6.54 Å². The van der Waals surface area contributed by atoms with Crippen molar-refractivity contribution in [3.05, 3.63) is 35.9 Å². The number of hydrogen-bond donors (Lipinski definition) is 1. The molecule has 1 fully saturated rings. The van der Waals surface area contributed by atoms with Gasteiger partial charge in [0.05, 0.1) is 6.54 Å². The van der Waals surface area contributed by atoms with Crippen LogP contribution >= 0.6 is 0 Å². The summed E-state index contributed by atoms with van der Waals surface area (Å²) in [5.74, 6) is 0.0596. The van der Waals surface area contributed by atoms with Gasteiger partial charge in [-0.05, 0) is 5.56 Å². The maximum atomic E-state index is 11.4. The Labute approximate surface area is 102 Å². The fourth-order valence-electron chi connectivity index (χ4n) is 2.13. The molecule has 0 aliphatic carbocycles. The number of hydrogen-bond acceptors (Lipinski definition) is 3. The minimum absolute atomic E-state index is 0.0596. The first-order valence-corrected chi connectivity index (χ1v) is 6.03. The van der Waals surface area contributed by atoms with Gasteiger partial charge in [0, 0.05) is 32.7 Å². The minimum Gasteiger partial charge on any atom is -0.339 e. The molecule has 0 bridgehead atoms. The second kappa shape index (κ2) is 5.80. The third kappa shape index (κ3) is 3.28. The first kappa shape index (κ1) is 12.1. The van der Waals surface area contributed by atoms with Crippen LogP contribution in [-0.2, 0) is 11.3 Å². The van der Waals surface area contributed by atoms with Crippen LogP contribution in [0.15, 0.2) is 30.3 Å². The van der Waals surface area contributed by atoms with Crippen LogP contribution in [-0.4, -0.2) is 48.4 Å². The number of carbonyl (C=O) groups is 1. The lowest BCUT2D eigenvalue weighted by atomic mass is 10.2. The minimum atomic E-state index is 0.0596. The molecule has 17 heavy (non-hydrogen) atoms. The van der Waals surface area contributed by atoms with Gasteiger partial charge < -0.3 is 10.6 Å². The molecule has 1 aliphatic heterocycles. The highest BCUT2D eigenvalue weighted by Crippen LogP contribution is 2.08. The van der Waals surface area contributed by atoms with Gasteiger partial charge in [-0.25, -0.2) is 0 Å². The predicted molar refractivity (Wildman–Crippen MR) is 67.4 cm³/mol. The molecule has 0 spiro atoms. The van der Waals surface area contributed by atoms with Crippen molar-refractivity contribution in [1.82, 2.24) is 9.80 Å². The highest BCUT2D eigenvalue weighted by molar-refractivity contribution is 5.78. The van der Waals surface area contributed by atoms with Crippen LogP contribution in [0.1, 0.15) is 5.56 Å².